The standard InChI is InChI=1S/C10H19NO5S/c1-3-9-7-16-8(2)6-11(9)17(14,15)5-4-10(12)13/h8-9H,3-7H2,1-2H3,(H,12,13). The molecule has 1 aliphatic rings. The summed E-state index contributed by atoms with van der Waals surface area (Å²) in [5, 5.41) is 8.54. The topological polar surface area (TPSA) is 83.9 Å². The Morgan fingerprint density at radius 2 is 2.18 bits per heavy atom. The van der Waals surface area contributed by atoms with Crippen LogP contribution < -0.4 is 0 Å². The van der Waals surface area contributed by atoms with Gasteiger partial charge in [-0.2, -0.15) is 4.31 Å². The molecular formula is C10H19NO5S. The van der Waals surface area contributed by atoms with Gasteiger partial charge in [0.2, 0.25) is 10.0 Å². The van der Waals surface area contributed by atoms with E-state index >= 15 is 0 Å². The number of ether oxygens (including phenoxy) is 1. The summed E-state index contributed by atoms with van der Waals surface area (Å²) in [6, 6.07) is -0.176. The summed E-state index contributed by atoms with van der Waals surface area (Å²) in [4.78, 5) is 10.4. The van der Waals surface area contributed by atoms with Crippen LogP contribution in [-0.2, 0) is 19.6 Å². The van der Waals surface area contributed by atoms with Gasteiger partial charge in [0.05, 0.1) is 24.9 Å². The van der Waals surface area contributed by atoms with Crippen LogP contribution in [-0.4, -0.2) is 54.8 Å². The average molecular weight is 265 g/mol. The van der Waals surface area contributed by atoms with E-state index in [4.69, 9.17) is 9.84 Å². The molecule has 1 saturated heterocycles. The quantitative estimate of drug-likeness (QED) is 0.772. The molecule has 0 aromatic heterocycles. The number of carboxylic acids is 1. The average Bonchev–Trinajstić information content (AvgIpc) is 2.26. The van der Waals surface area contributed by atoms with Gasteiger partial charge in [0.1, 0.15) is 0 Å². The molecule has 1 heterocycles. The zero-order valence-electron chi connectivity index (χ0n) is 10.1. The minimum Gasteiger partial charge on any atom is -0.481 e. The van der Waals surface area contributed by atoms with Crippen LogP contribution in [0.5, 0.6) is 0 Å². The molecule has 6 nitrogen and oxygen atoms in total. The maximum absolute atomic E-state index is 12.0. The van der Waals surface area contributed by atoms with Crippen LogP contribution in [0.4, 0.5) is 0 Å². The molecule has 0 bridgehead atoms. The van der Waals surface area contributed by atoms with E-state index in [0.29, 0.717) is 19.6 Å². The molecule has 0 saturated carbocycles. The number of hydrogen-bond donors (Lipinski definition) is 1. The number of carboxylic acid groups (broad SMARTS) is 1. The van der Waals surface area contributed by atoms with Gasteiger partial charge in [-0.05, 0) is 13.3 Å². The molecule has 17 heavy (non-hydrogen) atoms. The first kappa shape index (κ1) is 14.4. The fourth-order valence-electron chi connectivity index (χ4n) is 1.81. The van der Waals surface area contributed by atoms with Gasteiger partial charge in [0.15, 0.2) is 0 Å². The molecule has 0 aromatic carbocycles. The van der Waals surface area contributed by atoms with Crippen molar-refractivity contribution in [3.05, 3.63) is 0 Å². The van der Waals surface area contributed by atoms with Gasteiger partial charge in [-0.1, -0.05) is 6.92 Å². The zero-order valence-corrected chi connectivity index (χ0v) is 10.9. The Kier molecular flexibility index (Phi) is 4.91. The monoisotopic (exact) mass is 265 g/mol. The van der Waals surface area contributed by atoms with Crippen molar-refractivity contribution in [2.45, 2.75) is 38.8 Å². The van der Waals surface area contributed by atoms with Crippen molar-refractivity contribution in [3.8, 4) is 0 Å². The Balaban J connectivity index is 2.75. The number of nitrogens with zero attached hydrogens (tertiary/aromatic N) is 1. The number of morpholine rings is 1. The summed E-state index contributed by atoms with van der Waals surface area (Å²) in [7, 11) is -3.50. The number of hydrogen-bond acceptors (Lipinski definition) is 4. The summed E-state index contributed by atoms with van der Waals surface area (Å²) < 4.78 is 30.8. The zero-order chi connectivity index (χ0) is 13.1. The van der Waals surface area contributed by atoms with Crippen molar-refractivity contribution in [3.63, 3.8) is 0 Å². The normalized spacial score (nSPS) is 26.9. The van der Waals surface area contributed by atoms with E-state index in [0.717, 1.165) is 0 Å². The summed E-state index contributed by atoms with van der Waals surface area (Å²) >= 11 is 0. The van der Waals surface area contributed by atoms with Gasteiger partial charge in [0.25, 0.3) is 0 Å². The second kappa shape index (κ2) is 5.79. The van der Waals surface area contributed by atoms with E-state index in [1.807, 2.05) is 13.8 Å². The summed E-state index contributed by atoms with van der Waals surface area (Å²) in [6.45, 7) is 4.39. The second-order valence-corrected chi connectivity index (χ2v) is 6.28. The molecule has 100 valence electrons. The molecule has 0 amide bonds. The summed E-state index contributed by atoms with van der Waals surface area (Å²) in [5.74, 6) is -1.44. The molecule has 0 spiro atoms. The van der Waals surface area contributed by atoms with Crippen LogP contribution >= 0.6 is 0 Å². The van der Waals surface area contributed by atoms with Crippen molar-refractivity contribution in [2.24, 2.45) is 0 Å². The highest BCUT2D eigenvalue weighted by molar-refractivity contribution is 7.89. The smallest absolute Gasteiger partial charge is 0.304 e. The fraction of sp³-hybridized carbons (Fsp3) is 0.900. The first-order chi connectivity index (χ1) is 7.86. The third-order valence-corrected chi connectivity index (χ3v) is 4.70. The molecule has 1 N–H and O–H groups in total. The first-order valence-corrected chi connectivity index (χ1v) is 7.30. The van der Waals surface area contributed by atoms with Crippen molar-refractivity contribution < 1.29 is 23.1 Å². The molecule has 2 unspecified atom stereocenters. The number of rotatable bonds is 5. The van der Waals surface area contributed by atoms with Crippen LogP contribution in [0.3, 0.4) is 0 Å². The Morgan fingerprint density at radius 1 is 1.53 bits per heavy atom. The lowest BCUT2D eigenvalue weighted by molar-refractivity contribution is -0.136. The van der Waals surface area contributed by atoms with Crippen LogP contribution in [0.25, 0.3) is 0 Å². The van der Waals surface area contributed by atoms with E-state index in [9.17, 15) is 13.2 Å². The highest BCUT2D eigenvalue weighted by atomic mass is 32.2. The van der Waals surface area contributed by atoms with Crippen LogP contribution in [0, 0.1) is 0 Å². The number of carbonyl (C=O) groups is 1. The summed E-state index contributed by atoms with van der Waals surface area (Å²) in [6.07, 6.45) is 0.168. The van der Waals surface area contributed by atoms with E-state index < -0.39 is 16.0 Å². The molecule has 1 rings (SSSR count). The SMILES string of the molecule is CCC1COC(C)CN1S(=O)(=O)CCC(=O)O. The van der Waals surface area contributed by atoms with Gasteiger partial charge < -0.3 is 9.84 Å². The van der Waals surface area contributed by atoms with Gasteiger partial charge in [-0.25, -0.2) is 8.42 Å². The molecule has 1 aliphatic heterocycles. The maximum Gasteiger partial charge on any atom is 0.304 e. The largest absolute Gasteiger partial charge is 0.481 e. The molecule has 0 aliphatic carbocycles. The van der Waals surface area contributed by atoms with Crippen LogP contribution in [0.15, 0.2) is 0 Å². The highest BCUT2D eigenvalue weighted by Gasteiger charge is 2.34. The van der Waals surface area contributed by atoms with Crippen molar-refractivity contribution in [1.29, 1.82) is 0 Å². The second-order valence-electron chi connectivity index (χ2n) is 4.24. The third kappa shape index (κ3) is 3.93. The lowest BCUT2D eigenvalue weighted by Gasteiger charge is -2.37. The lowest BCUT2D eigenvalue weighted by Crippen LogP contribution is -2.51. The van der Waals surface area contributed by atoms with Gasteiger partial charge in [0, 0.05) is 12.6 Å². The molecule has 7 heteroatoms. The van der Waals surface area contributed by atoms with Gasteiger partial charge >= 0.3 is 5.97 Å². The maximum atomic E-state index is 12.0. The van der Waals surface area contributed by atoms with Crippen molar-refractivity contribution in [1.82, 2.24) is 4.31 Å². The van der Waals surface area contributed by atoms with E-state index in [2.05, 4.69) is 0 Å². The Labute approximate surface area is 102 Å². The molecule has 2 atom stereocenters. The molecule has 0 radical (unpaired) electrons. The lowest BCUT2D eigenvalue weighted by atomic mass is 10.2. The first-order valence-electron chi connectivity index (χ1n) is 5.69. The van der Waals surface area contributed by atoms with E-state index in [1.165, 1.54) is 4.31 Å². The van der Waals surface area contributed by atoms with Crippen molar-refractivity contribution >= 4 is 16.0 Å². The van der Waals surface area contributed by atoms with Crippen molar-refractivity contribution in [2.75, 3.05) is 18.9 Å². The Morgan fingerprint density at radius 3 is 2.71 bits per heavy atom. The Hall–Kier alpha value is -0.660. The van der Waals surface area contributed by atoms with Gasteiger partial charge in [-0.15, -0.1) is 0 Å². The third-order valence-electron chi connectivity index (χ3n) is 2.82. The molecular weight excluding hydrogens is 246 g/mol. The number of aliphatic carboxylic acids is 1. The van der Waals surface area contributed by atoms with Crippen LogP contribution in [0.1, 0.15) is 26.7 Å². The Bertz CT molecular complexity index is 367. The fourth-order valence-corrected chi connectivity index (χ4v) is 3.58. The van der Waals surface area contributed by atoms with E-state index in [-0.39, 0.29) is 24.3 Å². The van der Waals surface area contributed by atoms with E-state index in [1.54, 1.807) is 0 Å². The minimum absolute atomic E-state index is 0.141. The predicted molar refractivity (Wildman–Crippen MR) is 62.2 cm³/mol. The highest BCUT2D eigenvalue weighted by Crippen LogP contribution is 2.19. The number of sulfonamides is 1. The predicted octanol–water partition coefficient (Wildman–Crippen LogP) is 0.290. The molecule has 1 fully saturated rings. The van der Waals surface area contributed by atoms with Crippen LogP contribution in [0.2, 0.25) is 0 Å². The van der Waals surface area contributed by atoms with Gasteiger partial charge in [-0.3, -0.25) is 4.79 Å². The summed E-state index contributed by atoms with van der Waals surface area (Å²) in [5.41, 5.74) is 0. The molecule has 0 aromatic rings. The minimum atomic E-state index is -3.50.